The first kappa shape index (κ1) is 18.9. The summed E-state index contributed by atoms with van der Waals surface area (Å²) in [6.07, 6.45) is 1.64. The van der Waals surface area contributed by atoms with Crippen molar-refractivity contribution in [3.63, 3.8) is 0 Å². The summed E-state index contributed by atoms with van der Waals surface area (Å²) < 4.78 is 13.0. The van der Waals surface area contributed by atoms with Crippen LogP contribution in [0.3, 0.4) is 0 Å². The zero-order valence-electron chi connectivity index (χ0n) is 16.5. The number of ether oxygens (including phenoxy) is 2. The fourth-order valence-corrected chi connectivity index (χ4v) is 3.99. The van der Waals surface area contributed by atoms with Crippen LogP contribution in [0.15, 0.2) is 48.5 Å². The fourth-order valence-electron chi connectivity index (χ4n) is 3.99. The molecule has 2 aromatic carbocycles. The minimum atomic E-state index is -0.263. The molecule has 0 radical (unpaired) electrons. The molecule has 0 spiro atoms. The van der Waals surface area contributed by atoms with E-state index in [0.717, 1.165) is 41.1 Å². The van der Waals surface area contributed by atoms with Gasteiger partial charge in [0.05, 0.1) is 31.3 Å². The second kappa shape index (κ2) is 7.91. The third-order valence-corrected chi connectivity index (χ3v) is 5.87. The highest BCUT2D eigenvalue weighted by Gasteiger charge is 2.36. The Labute approximate surface area is 165 Å². The number of aliphatic hydroxyl groups is 1. The van der Waals surface area contributed by atoms with Crippen LogP contribution in [-0.2, 0) is 11.3 Å². The Morgan fingerprint density at radius 3 is 2.54 bits per heavy atom. The number of benzene rings is 2. The van der Waals surface area contributed by atoms with Crippen LogP contribution in [0.1, 0.15) is 18.7 Å². The third-order valence-electron chi connectivity index (χ3n) is 5.87. The van der Waals surface area contributed by atoms with Gasteiger partial charge in [-0.2, -0.15) is 0 Å². The molecule has 3 aromatic rings. The molecule has 1 fully saturated rings. The molecule has 1 aromatic heterocycles. The van der Waals surface area contributed by atoms with E-state index in [2.05, 4.69) is 22.6 Å². The Hall–Kier alpha value is -2.41. The van der Waals surface area contributed by atoms with Crippen molar-refractivity contribution in [3.05, 3.63) is 54.4 Å². The smallest absolute Gasteiger partial charge is 0.128 e. The molecule has 1 aliphatic rings. The lowest BCUT2D eigenvalue weighted by molar-refractivity contribution is -0.0502. The van der Waals surface area contributed by atoms with Crippen molar-refractivity contribution in [1.82, 2.24) is 14.5 Å². The maximum Gasteiger partial charge on any atom is 0.128 e. The van der Waals surface area contributed by atoms with Crippen molar-refractivity contribution in [1.29, 1.82) is 0 Å². The van der Waals surface area contributed by atoms with Crippen LogP contribution in [0.4, 0.5) is 0 Å². The summed E-state index contributed by atoms with van der Waals surface area (Å²) in [6.45, 7) is 2.12. The molecule has 1 N–H and O–H groups in total. The number of aliphatic hydroxyl groups excluding tert-OH is 1. The van der Waals surface area contributed by atoms with Crippen molar-refractivity contribution in [2.24, 2.45) is 0 Å². The van der Waals surface area contributed by atoms with Crippen LogP contribution in [0.25, 0.3) is 16.7 Å². The maximum absolute atomic E-state index is 10.1. The summed E-state index contributed by atoms with van der Waals surface area (Å²) >= 11 is 0. The Morgan fingerprint density at radius 2 is 1.86 bits per heavy atom. The van der Waals surface area contributed by atoms with E-state index < -0.39 is 0 Å². The molecule has 2 heterocycles. The normalized spacial score (nSPS) is 16.6. The van der Waals surface area contributed by atoms with Crippen molar-refractivity contribution < 1.29 is 14.6 Å². The lowest BCUT2D eigenvalue weighted by Crippen LogP contribution is -2.52. The first-order chi connectivity index (χ1) is 13.7. The molecule has 0 unspecified atom stereocenters. The second-order valence-corrected chi connectivity index (χ2v) is 7.40. The number of rotatable bonds is 6. The molecule has 6 nitrogen and oxygen atoms in total. The Balaban J connectivity index is 1.74. The van der Waals surface area contributed by atoms with Gasteiger partial charge in [0.15, 0.2) is 0 Å². The van der Waals surface area contributed by atoms with Crippen molar-refractivity contribution in [3.8, 4) is 11.4 Å². The molecule has 0 amide bonds. The van der Waals surface area contributed by atoms with Gasteiger partial charge in [-0.15, -0.1) is 0 Å². The first-order valence-electron chi connectivity index (χ1n) is 9.67. The number of fused-ring (bicyclic) bond motifs is 1. The van der Waals surface area contributed by atoms with E-state index >= 15 is 0 Å². The highest BCUT2D eigenvalue weighted by molar-refractivity contribution is 5.78. The summed E-state index contributed by atoms with van der Waals surface area (Å²) in [5, 5.41) is 10.1. The predicted molar refractivity (Wildman–Crippen MR) is 109 cm³/mol. The van der Waals surface area contributed by atoms with Gasteiger partial charge in [0.25, 0.3) is 0 Å². The SMILES string of the molecule is COc1ccc(-n2c(CN(C)C3(CO)CCOCC3)nc3ccccc32)cc1. The molecule has 6 heteroatoms. The molecule has 1 saturated heterocycles. The lowest BCUT2D eigenvalue weighted by Gasteiger charge is -2.43. The van der Waals surface area contributed by atoms with E-state index in [-0.39, 0.29) is 12.1 Å². The van der Waals surface area contributed by atoms with Crippen molar-refractivity contribution >= 4 is 11.0 Å². The summed E-state index contributed by atoms with van der Waals surface area (Å²) in [5.41, 5.74) is 2.82. The van der Waals surface area contributed by atoms with Gasteiger partial charge in [-0.1, -0.05) is 12.1 Å². The van der Waals surface area contributed by atoms with E-state index in [0.29, 0.717) is 19.8 Å². The molecule has 0 atom stereocenters. The molecule has 0 bridgehead atoms. The van der Waals surface area contributed by atoms with E-state index in [1.165, 1.54) is 0 Å². The van der Waals surface area contributed by atoms with Gasteiger partial charge < -0.3 is 14.6 Å². The predicted octanol–water partition coefficient (Wildman–Crippen LogP) is 3.01. The number of nitrogens with zero attached hydrogens (tertiary/aromatic N) is 3. The van der Waals surface area contributed by atoms with E-state index in [1.807, 2.05) is 42.5 Å². The maximum atomic E-state index is 10.1. The summed E-state index contributed by atoms with van der Waals surface area (Å²) in [4.78, 5) is 7.14. The Kier molecular flexibility index (Phi) is 5.35. The van der Waals surface area contributed by atoms with E-state index in [9.17, 15) is 5.11 Å². The number of methoxy groups -OCH3 is 1. The monoisotopic (exact) mass is 381 g/mol. The van der Waals surface area contributed by atoms with Crippen LogP contribution in [0.5, 0.6) is 5.75 Å². The average Bonchev–Trinajstić information content (AvgIpc) is 3.12. The van der Waals surface area contributed by atoms with Crippen LogP contribution in [0.2, 0.25) is 0 Å². The summed E-state index contributed by atoms with van der Waals surface area (Å²) in [5.74, 6) is 1.78. The lowest BCUT2D eigenvalue weighted by atomic mass is 9.89. The van der Waals surface area contributed by atoms with E-state index in [4.69, 9.17) is 14.5 Å². The van der Waals surface area contributed by atoms with Gasteiger partial charge in [0.2, 0.25) is 0 Å². The number of hydrogen-bond donors (Lipinski definition) is 1. The molecular weight excluding hydrogens is 354 g/mol. The highest BCUT2D eigenvalue weighted by Crippen LogP contribution is 2.30. The van der Waals surface area contributed by atoms with Gasteiger partial charge in [-0.3, -0.25) is 9.47 Å². The van der Waals surface area contributed by atoms with Crippen LogP contribution < -0.4 is 4.74 Å². The molecule has 1 aliphatic heterocycles. The standard InChI is InChI=1S/C22H27N3O3/c1-24(22(16-26)11-13-28-14-12-22)15-21-23-19-5-3-4-6-20(19)25(21)17-7-9-18(27-2)10-8-17/h3-10,26H,11-16H2,1-2H3. The molecule has 0 saturated carbocycles. The average molecular weight is 381 g/mol. The van der Waals surface area contributed by atoms with Gasteiger partial charge in [-0.05, 0) is 56.3 Å². The van der Waals surface area contributed by atoms with Gasteiger partial charge in [-0.25, -0.2) is 4.98 Å². The number of aromatic nitrogens is 2. The molecule has 4 rings (SSSR count). The third kappa shape index (κ3) is 3.39. The van der Waals surface area contributed by atoms with Gasteiger partial charge in [0.1, 0.15) is 11.6 Å². The van der Waals surface area contributed by atoms with Crippen LogP contribution >= 0.6 is 0 Å². The topological polar surface area (TPSA) is 59.8 Å². The number of likely N-dealkylation sites (N-methyl/N-ethyl adjacent to an activating group) is 1. The van der Waals surface area contributed by atoms with Gasteiger partial charge in [0, 0.05) is 24.4 Å². The number of para-hydroxylation sites is 2. The zero-order valence-corrected chi connectivity index (χ0v) is 16.5. The number of hydrogen-bond acceptors (Lipinski definition) is 5. The van der Waals surface area contributed by atoms with E-state index in [1.54, 1.807) is 7.11 Å². The summed E-state index contributed by atoms with van der Waals surface area (Å²) in [6, 6.07) is 16.2. The van der Waals surface area contributed by atoms with Crippen LogP contribution in [0, 0.1) is 0 Å². The van der Waals surface area contributed by atoms with Gasteiger partial charge >= 0.3 is 0 Å². The molecule has 148 valence electrons. The number of imidazole rings is 1. The molecule has 28 heavy (non-hydrogen) atoms. The van der Waals surface area contributed by atoms with Crippen molar-refractivity contribution in [2.75, 3.05) is 34.0 Å². The minimum Gasteiger partial charge on any atom is -0.497 e. The Bertz CT molecular complexity index is 930. The quantitative estimate of drug-likeness (QED) is 0.711. The highest BCUT2D eigenvalue weighted by atomic mass is 16.5. The zero-order chi connectivity index (χ0) is 19.6. The molecule has 0 aliphatic carbocycles. The first-order valence-corrected chi connectivity index (χ1v) is 9.67. The largest absolute Gasteiger partial charge is 0.497 e. The second-order valence-electron chi connectivity index (χ2n) is 7.40. The van der Waals surface area contributed by atoms with Crippen molar-refractivity contribution in [2.45, 2.75) is 24.9 Å². The molecular formula is C22H27N3O3. The Morgan fingerprint density at radius 1 is 1.14 bits per heavy atom. The fraction of sp³-hybridized carbons (Fsp3) is 0.409. The van der Waals surface area contributed by atoms with Crippen LogP contribution in [-0.4, -0.2) is 59.1 Å². The summed E-state index contributed by atoms with van der Waals surface area (Å²) in [7, 11) is 3.74. The minimum absolute atomic E-state index is 0.121.